The summed E-state index contributed by atoms with van der Waals surface area (Å²) < 4.78 is 5.78. The van der Waals surface area contributed by atoms with Crippen LogP contribution in [0.2, 0.25) is 0 Å². The molecule has 1 aromatic rings. The second-order valence-electron chi connectivity index (χ2n) is 5.79. The van der Waals surface area contributed by atoms with Crippen molar-refractivity contribution in [3.05, 3.63) is 18.2 Å². The van der Waals surface area contributed by atoms with E-state index in [1.807, 2.05) is 26.0 Å². The molecule has 0 amide bonds. The summed E-state index contributed by atoms with van der Waals surface area (Å²) in [5.41, 5.74) is 7.84. The largest absolute Gasteiger partial charge is 0.489 e. The van der Waals surface area contributed by atoms with E-state index in [0.717, 1.165) is 24.5 Å². The minimum atomic E-state index is 0.127. The molecule has 1 unspecified atom stereocenters. The molecular weight excluding hydrogens is 250 g/mol. The van der Waals surface area contributed by atoms with Crippen LogP contribution in [-0.4, -0.2) is 44.2 Å². The molecule has 0 aromatic heterocycles. The predicted octanol–water partition coefficient (Wildman–Crippen LogP) is 2.83. The Morgan fingerprint density at radius 2 is 1.85 bits per heavy atom. The molecule has 2 N–H and O–H groups in total. The van der Waals surface area contributed by atoms with E-state index < -0.39 is 0 Å². The number of rotatable bonds is 7. The van der Waals surface area contributed by atoms with Gasteiger partial charge in [0.2, 0.25) is 0 Å². The molecule has 0 aliphatic heterocycles. The van der Waals surface area contributed by atoms with Gasteiger partial charge in [0.15, 0.2) is 0 Å². The number of nitrogens with zero attached hydrogens (tertiary/aromatic N) is 2. The van der Waals surface area contributed by atoms with Crippen molar-refractivity contribution in [3.8, 4) is 5.75 Å². The Labute approximate surface area is 123 Å². The van der Waals surface area contributed by atoms with E-state index in [1.165, 1.54) is 0 Å². The van der Waals surface area contributed by atoms with Crippen LogP contribution in [0.3, 0.4) is 0 Å². The standard InChI is InChI=1S/C16H29N3O/c1-7-19(13(4)11-18(5)6)14-8-9-15(17)16(10-14)20-12(2)3/h8-10,12-13H,7,11,17H2,1-6H3. The van der Waals surface area contributed by atoms with Crippen LogP contribution in [0.4, 0.5) is 11.4 Å². The van der Waals surface area contributed by atoms with Crippen LogP contribution in [0, 0.1) is 0 Å². The minimum absolute atomic E-state index is 0.127. The highest BCUT2D eigenvalue weighted by atomic mass is 16.5. The zero-order valence-corrected chi connectivity index (χ0v) is 13.7. The topological polar surface area (TPSA) is 41.7 Å². The molecule has 0 spiro atoms. The van der Waals surface area contributed by atoms with E-state index in [-0.39, 0.29) is 6.10 Å². The highest BCUT2D eigenvalue weighted by Crippen LogP contribution is 2.29. The van der Waals surface area contributed by atoms with Gasteiger partial charge in [0.25, 0.3) is 0 Å². The van der Waals surface area contributed by atoms with E-state index in [9.17, 15) is 0 Å². The molecule has 4 heteroatoms. The van der Waals surface area contributed by atoms with Gasteiger partial charge >= 0.3 is 0 Å². The monoisotopic (exact) mass is 279 g/mol. The van der Waals surface area contributed by atoms with Crippen LogP contribution in [0.1, 0.15) is 27.7 Å². The van der Waals surface area contributed by atoms with E-state index in [2.05, 4.69) is 43.8 Å². The van der Waals surface area contributed by atoms with Gasteiger partial charge in [-0.1, -0.05) is 0 Å². The Morgan fingerprint density at radius 3 is 2.35 bits per heavy atom. The van der Waals surface area contributed by atoms with E-state index in [0.29, 0.717) is 11.7 Å². The molecule has 0 heterocycles. The van der Waals surface area contributed by atoms with E-state index in [4.69, 9.17) is 10.5 Å². The first-order chi connectivity index (χ1) is 9.35. The van der Waals surface area contributed by atoms with Crippen molar-refractivity contribution >= 4 is 11.4 Å². The Kier molecular flexibility index (Phi) is 6.14. The molecule has 0 saturated heterocycles. The zero-order valence-electron chi connectivity index (χ0n) is 13.7. The molecule has 0 aliphatic carbocycles. The fourth-order valence-electron chi connectivity index (χ4n) is 2.43. The Hall–Kier alpha value is -1.42. The number of nitrogens with two attached hydrogens (primary N) is 1. The van der Waals surface area contributed by atoms with Crippen molar-refractivity contribution in [2.45, 2.75) is 39.8 Å². The quantitative estimate of drug-likeness (QED) is 0.779. The molecular formula is C16H29N3O. The van der Waals surface area contributed by atoms with Crippen LogP contribution < -0.4 is 15.4 Å². The summed E-state index contributed by atoms with van der Waals surface area (Å²) in [5.74, 6) is 0.771. The molecule has 1 rings (SSSR count). The van der Waals surface area contributed by atoms with Gasteiger partial charge in [-0.15, -0.1) is 0 Å². The molecule has 0 saturated carbocycles. The summed E-state index contributed by atoms with van der Waals surface area (Å²) >= 11 is 0. The lowest BCUT2D eigenvalue weighted by molar-refractivity contribution is 0.244. The highest BCUT2D eigenvalue weighted by molar-refractivity contribution is 5.62. The minimum Gasteiger partial charge on any atom is -0.489 e. The van der Waals surface area contributed by atoms with Gasteiger partial charge in [0.05, 0.1) is 11.8 Å². The van der Waals surface area contributed by atoms with E-state index >= 15 is 0 Å². The highest BCUT2D eigenvalue weighted by Gasteiger charge is 2.15. The molecule has 4 nitrogen and oxygen atoms in total. The third-order valence-corrected chi connectivity index (χ3v) is 3.19. The first-order valence-corrected chi connectivity index (χ1v) is 7.32. The lowest BCUT2D eigenvalue weighted by Gasteiger charge is -2.32. The Bertz CT molecular complexity index is 418. The third-order valence-electron chi connectivity index (χ3n) is 3.19. The number of ether oxygens (including phenoxy) is 1. The van der Waals surface area contributed by atoms with Crippen molar-refractivity contribution in [2.24, 2.45) is 0 Å². The van der Waals surface area contributed by atoms with E-state index in [1.54, 1.807) is 0 Å². The number of anilines is 2. The summed E-state index contributed by atoms with van der Waals surface area (Å²) in [6, 6.07) is 6.48. The van der Waals surface area contributed by atoms with Crippen molar-refractivity contribution in [3.63, 3.8) is 0 Å². The maximum Gasteiger partial charge on any atom is 0.144 e. The predicted molar refractivity (Wildman–Crippen MR) is 87.7 cm³/mol. The normalized spacial score (nSPS) is 12.8. The molecule has 0 aliphatic rings. The molecule has 0 radical (unpaired) electrons. The number of hydrogen-bond acceptors (Lipinski definition) is 4. The Morgan fingerprint density at radius 1 is 1.20 bits per heavy atom. The number of likely N-dealkylation sites (N-methyl/N-ethyl adjacent to an activating group) is 2. The first kappa shape index (κ1) is 16.6. The third kappa shape index (κ3) is 4.60. The van der Waals surface area contributed by atoms with Crippen LogP contribution in [0.5, 0.6) is 5.75 Å². The lowest BCUT2D eigenvalue weighted by Crippen LogP contribution is -2.40. The number of benzene rings is 1. The van der Waals surface area contributed by atoms with Crippen molar-refractivity contribution in [1.82, 2.24) is 4.90 Å². The van der Waals surface area contributed by atoms with Crippen LogP contribution in [0.25, 0.3) is 0 Å². The van der Waals surface area contributed by atoms with Gasteiger partial charge in [-0.3, -0.25) is 0 Å². The SMILES string of the molecule is CCN(c1ccc(N)c(OC(C)C)c1)C(C)CN(C)C. The second-order valence-corrected chi connectivity index (χ2v) is 5.79. The molecule has 114 valence electrons. The first-order valence-electron chi connectivity index (χ1n) is 7.32. The summed E-state index contributed by atoms with van der Waals surface area (Å²) in [5, 5.41) is 0. The fourth-order valence-corrected chi connectivity index (χ4v) is 2.43. The van der Waals surface area contributed by atoms with Gasteiger partial charge in [-0.25, -0.2) is 0 Å². The molecule has 20 heavy (non-hydrogen) atoms. The summed E-state index contributed by atoms with van der Waals surface area (Å²) in [4.78, 5) is 4.57. The maximum absolute atomic E-state index is 5.98. The van der Waals surface area contributed by atoms with Gasteiger partial charge in [-0.05, 0) is 53.9 Å². The average molecular weight is 279 g/mol. The van der Waals surface area contributed by atoms with Crippen LogP contribution in [0.15, 0.2) is 18.2 Å². The molecule has 1 atom stereocenters. The average Bonchev–Trinajstić information content (AvgIpc) is 2.32. The van der Waals surface area contributed by atoms with Crippen molar-refractivity contribution < 1.29 is 4.74 Å². The van der Waals surface area contributed by atoms with Gasteiger partial charge in [0, 0.05) is 30.9 Å². The van der Waals surface area contributed by atoms with Crippen molar-refractivity contribution in [1.29, 1.82) is 0 Å². The van der Waals surface area contributed by atoms with Crippen LogP contribution >= 0.6 is 0 Å². The van der Waals surface area contributed by atoms with Gasteiger partial charge in [-0.2, -0.15) is 0 Å². The summed E-state index contributed by atoms with van der Waals surface area (Å²) in [7, 11) is 4.20. The molecule has 0 fully saturated rings. The molecule has 1 aromatic carbocycles. The maximum atomic E-state index is 5.98. The fraction of sp³-hybridized carbons (Fsp3) is 0.625. The van der Waals surface area contributed by atoms with Gasteiger partial charge < -0.3 is 20.3 Å². The second kappa shape index (κ2) is 7.39. The van der Waals surface area contributed by atoms with Gasteiger partial charge in [0.1, 0.15) is 5.75 Å². The summed E-state index contributed by atoms with van der Waals surface area (Å²) in [6.45, 7) is 10.4. The molecule has 0 bridgehead atoms. The number of nitrogen functional groups attached to an aromatic ring is 1. The zero-order chi connectivity index (χ0) is 15.3. The van der Waals surface area contributed by atoms with Crippen molar-refractivity contribution in [2.75, 3.05) is 37.8 Å². The summed E-state index contributed by atoms with van der Waals surface area (Å²) in [6.07, 6.45) is 0.127. The smallest absolute Gasteiger partial charge is 0.144 e. The lowest BCUT2D eigenvalue weighted by atomic mass is 10.2. The van der Waals surface area contributed by atoms with Crippen LogP contribution in [-0.2, 0) is 0 Å². The number of hydrogen-bond donors (Lipinski definition) is 1. The Balaban J connectivity index is 2.97.